The number of urea groups is 1. The van der Waals surface area contributed by atoms with Gasteiger partial charge in [-0.3, -0.25) is 4.79 Å². The number of rotatable bonds is 4. The second-order valence-electron chi connectivity index (χ2n) is 7.25. The number of aromatic amines is 1. The Labute approximate surface area is 175 Å². The smallest absolute Gasteiger partial charge is 0.356 e. The summed E-state index contributed by atoms with van der Waals surface area (Å²) < 4.78 is 39.3. The number of hydrogen-bond donors (Lipinski definition) is 3. The topological polar surface area (TPSA) is 90.1 Å². The average Bonchev–Trinajstić information content (AvgIpc) is 3.27. The van der Waals surface area contributed by atoms with Crippen molar-refractivity contribution in [3.05, 3.63) is 64.2 Å². The molecule has 0 aliphatic carbocycles. The van der Waals surface area contributed by atoms with E-state index in [9.17, 15) is 22.8 Å². The molecule has 1 aliphatic heterocycles. The average molecular weight is 431 g/mol. The highest BCUT2D eigenvalue weighted by Crippen LogP contribution is 2.31. The molecule has 1 fully saturated rings. The van der Waals surface area contributed by atoms with E-state index in [1.807, 2.05) is 0 Å². The Morgan fingerprint density at radius 2 is 1.87 bits per heavy atom. The number of alkyl halides is 3. The molecule has 0 atom stereocenters. The number of nitrogens with zero attached hydrogens (tertiary/aromatic N) is 2. The van der Waals surface area contributed by atoms with Crippen LogP contribution in [0.2, 0.25) is 0 Å². The van der Waals surface area contributed by atoms with E-state index in [-0.39, 0.29) is 17.9 Å². The van der Waals surface area contributed by atoms with E-state index in [4.69, 9.17) is 0 Å². The molecule has 4 rings (SSSR count). The Kier molecular flexibility index (Phi) is 5.53. The Bertz CT molecular complexity index is 1170. The Morgan fingerprint density at radius 1 is 1.10 bits per heavy atom. The maximum absolute atomic E-state index is 13.1. The van der Waals surface area contributed by atoms with Crippen molar-refractivity contribution in [2.24, 2.45) is 0 Å². The van der Waals surface area contributed by atoms with Gasteiger partial charge in [0.25, 0.3) is 5.56 Å². The van der Waals surface area contributed by atoms with Gasteiger partial charge in [-0.1, -0.05) is 12.1 Å². The largest absolute Gasteiger partial charge is 0.433 e. The number of fused-ring (bicyclic) bond motifs is 1. The van der Waals surface area contributed by atoms with Gasteiger partial charge in [0.15, 0.2) is 0 Å². The molecule has 2 amide bonds. The summed E-state index contributed by atoms with van der Waals surface area (Å²) >= 11 is 0. The predicted molar refractivity (Wildman–Crippen MR) is 111 cm³/mol. The Balaban J connectivity index is 1.52. The molecule has 3 heterocycles. The van der Waals surface area contributed by atoms with Crippen LogP contribution >= 0.6 is 0 Å². The van der Waals surface area contributed by atoms with Crippen LogP contribution in [0.5, 0.6) is 0 Å². The third-order valence-corrected chi connectivity index (χ3v) is 5.15. The van der Waals surface area contributed by atoms with Crippen molar-refractivity contribution < 1.29 is 18.0 Å². The van der Waals surface area contributed by atoms with Crippen LogP contribution in [-0.4, -0.2) is 29.1 Å². The highest BCUT2D eigenvalue weighted by atomic mass is 19.4. The molecule has 3 N–H and O–H groups in total. The van der Waals surface area contributed by atoms with Gasteiger partial charge >= 0.3 is 12.2 Å². The molecule has 0 radical (unpaired) electrons. The lowest BCUT2D eigenvalue weighted by Crippen LogP contribution is -2.30. The zero-order chi connectivity index (χ0) is 22.0. The maximum atomic E-state index is 13.1. The summed E-state index contributed by atoms with van der Waals surface area (Å²) in [6, 6.07) is 8.37. The number of carbonyl (C=O) groups is 1. The highest BCUT2D eigenvalue weighted by molar-refractivity contribution is 6.01. The summed E-state index contributed by atoms with van der Waals surface area (Å²) in [5.41, 5.74) is -0.276. The van der Waals surface area contributed by atoms with Crippen molar-refractivity contribution in [1.29, 1.82) is 0 Å². The minimum absolute atomic E-state index is 0.00809. The van der Waals surface area contributed by atoms with E-state index >= 15 is 0 Å². The molecule has 7 nitrogen and oxygen atoms in total. The number of carbonyl (C=O) groups excluding carboxylic acids is 1. The van der Waals surface area contributed by atoms with Crippen LogP contribution in [-0.2, 0) is 12.7 Å². The maximum Gasteiger partial charge on any atom is 0.433 e. The van der Waals surface area contributed by atoms with Crippen LogP contribution in [0.15, 0.2) is 47.4 Å². The van der Waals surface area contributed by atoms with Gasteiger partial charge in [0.2, 0.25) is 0 Å². The van der Waals surface area contributed by atoms with Crippen molar-refractivity contribution in [2.75, 3.05) is 23.3 Å². The van der Waals surface area contributed by atoms with Gasteiger partial charge in [-0.15, -0.1) is 0 Å². The number of pyridine rings is 2. The number of anilines is 2. The minimum atomic E-state index is -4.54. The number of halogens is 3. The first-order valence-electron chi connectivity index (χ1n) is 9.80. The lowest BCUT2D eigenvalue weighted by Gasteiger charge is -2.22. The summed E-state index contributed by atoms with van der Waals surface area (Å²) in [5.74, 6) is 0.240. The number of H-pyrrole nitrogens is 1. The highest BCUT2D eigenvalue weighted by Gasteiger charge is 2.34. The molecule has 3 aromatic rings. The van der Waals surface area contributed by atoms with Crippen LogP contribution in [0, 0.1) is 0 Å². The van der Waals surface area contributed by atoms with Crippen LogP contribution in [0.1, 0.15) is 24.1 Å². The number of nitrogens with one attached hydrogen (secondary N) is 3. The first kappa shape index (κ1) is 20.7. The van der Waals surface area contributed by atoms with Crippen molar-refractivity contribution in [1.82, 2.24) is 15.3 Å². The van der Waals surface area contributed by atoms with E-state index in [1.165, 1.54) is 12.3 Å². The Hall–Kier alpha value is -3.56. The van der Waals surface area contributed by atoms with Crippen LogP contribution in [0.25, 0.3) is 10.8 Å². The third-order valence-electron chi connectivity index (χ3n) is 5.15. The van der Waals surface area contributed by atoms with E-state index in [2.05, 4.69) is 20.6 Å². The summed E-state index contributed by atoms with van der Waals surface area (Å²) in [7, 11) is 0. The summed E-state index contributed by atoms with van der Waals surface area (Å²) in [5, 5.41) is 6.37. The Morgan fingerprint density at radius 3 is 2.61 bits per heavy atom. The second kappa shape index (κ2) is 8.29. The molecule has 10 heteroatoms. The van der Waals surface area contributed by atoms with Gasteiger partial charge in [0, 0.05) is 42.2 Å². The van der Waals surface area contributed by atoms with Crippen LogP contribution < -0.4 is 21.1 Å². The van der Waals surface area contributed by atoms with Crippen molar-refractivity contribution in [2.45, 2.75) is 25.6 Å². The molecule has 0 saturated carbocycles. The summed E-state index contributed by atoms with van der Waals surface area (Å²) in [4.78, 5) is 32.6. The van der Waals surface area contributed by atoms with E-state index < -0.39 is 17.9 Å². The standard InChI is InChI=1S/C21H20F3N5O2/c22-21(23,24)17-7-6-13(18(28-17)29-10-1-2-11-29)12-26-20(31)27-16-5-3-4-15-14(16)8-9-25-19(15)30/h3-9H,1-2,10-12H2,(H,25,30)(H2,26,27,31). The third kappa shape index (κ3) is 4.47. The number of hydrogen-bond acceptors (Lipinski definition) is 4. The zero-order valence-electron chi connectivity index (χ0n) is 16.4. The van der Waals surface area contributed by atoms with Gasteiger partial charge in [-0.05, 0) is 37.1 Å². The van der Waals surface area contributed by atoms with Gasteiger partial charge in [0.05, 0.1) is 5.69 Å². The molecule has 1 aliphatic rings. The van der Waals surface area contributed by atoms with Crippen LogP contribution in [0.4, 0.5) is 29.5 Å². The lowest BCUT2D eigenvalue weighted by atomic mass is 10.1. The molecular weight excluding hydrogens is 411 g/mol. The van der Waals surface area contributed by atoms with E-state index in [0.29, 0.717) is 35.1 Å². The molecule has 0 unspecified atom stereocenters. The van der Waals surface area contributed by atoms with Gasteiger partial charge in [0.1, 0.15) is 11.5 Å². The van der Waals surface area contributed by atoms with Crippen molar-refractivity contribution in [3.8, 4) is 0 Å². The number of benzene rings is 1. The monoisotopic (exact) mass is 431 g/mol. The summed E-state index contributed by atoms with van der Waals surface area (Å²) in [6.07, 6.45) is -1.29. The fraction of sp³-hybridized carbons (Fsp3) is 0.286. The second-order valence-corrected chi connectivity index (χ2v) is 7.25. The fourth-order valence-corrected chi connectivity index (χ4v) is 3.65. The van der Waals surface area contributed by atoms with Gasteiger partial charge in [-0.2, -0.15) is 13.2 Å². The molecule has 1 saturated heterocycles. The summed E-state index contributed by atoms with van der Waals surface area (Å²) in [6.45, 7) is 1.25. The molecule has 162 valence electrons. The van der Waals surface area contributed by atoms with E-state index in [1.54, 1.807) is 29.2 Å². The molecular formula is C21H20F3N5O2. The van der Waals surface area contributed by atoms with Crippen molar-refractivity contribution >= 4 is 28.3 Å². The van der Waals surface area contributed by atoms with E-state index in [0.717, 1.165) is 18.9 Å². The molecule has 2 aromatic heterocycles. The van der Waals surface area contributed by atoms with Crippen molar-refractivity contribution in [3.63, 3.8) is 0 Å². The predicted octanol–water partition coefficient (Wildman–Crippen LogP) is 3.86. The van der Waals surface area contributed by atoms with Crippen LogP contribution in [0.3, 0.4) is 0 Å². The molecule has 31 heavy (non-hydrogen) atoms. The number of aromatic nitrogens is 2. The SMILES string of the molecule is O=C(NCc1ccc(C(F)(F)F)nc1N1CCCC1)Nc1cccc2c(=O)[nH]ccc12. The minimum Gasteiger partial charge on any atom is -0.356 e. The lowest BCUT2D eigenvalue weighted by molar-refractivity contribution is -0.141. The molecule has 0 bridgehead atoms. The first-order chi connectivity index (χ1) is 14.8. The van der Waals surface area contributed by atoms with Gasteiger partial charge < -0.3 is 20.5 Å². The fourth-order valence-electron chi connectivity index (χ4n) is 3.65. The number of amides is 2. The normalized spacial score (nSPS) is 14.1. The van der Waals surface area contributed by atoms with Gasteiger partial charge in [-0.25, -0.2) is 9.78 Å². The zero-order valence-corrected chi connectivity index (χ0v) is 16.4. The molecule has 1 aromatic carbocycles. The molecule has 0 spiro atoms. The first-order valence-corrected chi connectivity index (χ1v) is 9.80. The quantitative estimate of drug-likeness (QED) is 0.585.